The fraction of sp³-hybridized carbons (Fsp3) is 0.571. The predicted octanol–water partition coefficient (Wildman–Crippen LogP) is 2.96. The summed E-state index contributed by atoms with van der Waals surface area (Å²) in [5, 5.41) is 0. The van der Waals surface area contributed by atoms with Gasteiger partial charge in [-0.2, -0.15) is 0 Å². The van der Waals surface area contributed by atoms with Crippen LogP contribution >= 0.6 is 0 Å². The molecule has 0 saturated heterocycles. The average Bonchev–Trinajstić information content (AvgIpc) is 2.14. The van der Waals surface area contributed by atoms with Crippen LogP contribution in [0.15, 0.2) is 35.7 Å². The molecular weight excluding hydrogens is 266 g/mol. The van der Waals surface area contributed by atoms with Gasteiger partial charge in [0.2, 0.25) is 0 Å². The van der Waals surface area contributed by atoms with Gasteiger partial charge in [-0.25, -0.2) is 0 Å². The second-order valence-electron chi connectivity index (χ2n) is 5.59. The number of allylic oxidation sites excluding steroid dienone is 4. The number of hydrogen-bond acceptors (Lipinski definition) is 2. The van der Waals surface area contributed by atoms with E-state index in [0.29, 0.717) is 0 Å². The molecule has 0 radical (unpaired) electrons. The van der Waals surface area contributed by atoms with E-state index in [1.54, 1.807) is 5.57 Å². The van der Waals surface area contributed by atoms with Gasteiger partial charge < -0.3 is 0 Å². The van der Waals surface area contributed by atoms with Crippen molar-refractivity contribution < 1.29 is 0 Å². The third kappa shape index (κ3) is 4.32. The molecule has 1 aliphatic rings. The van der Waals surface area contributed by atoms with Gasteiger partial charge in [0.25, 0.3) is 0 Å². The first-order chi connectivity index (χ1) is 7.91. The normalized spacial score (nSPS) is 24.2. The molecule has 1 aliphatic carbocycles. The Kier molecular flexibility index (Phi) is 5.47. The number of nitrogens with zero attached hydrogens (tertiary/aromatic N) is 2. The molecule has 0 N–H and O–H groups in total. The molecule has 0 aromatic heterocycles. The van der Waals surface area contributed by atoms with Crippen LogP contribution in [0.25, 0.3) is 0 Å². The summed E-state index contributed by atoms with van der Waals surface area (Å²) in [4.78, 5) is 4.34. The maximum absolute atomic E-state index is 2.49. The van der Waals surface area contributed by atoms with Crippen molar-refractivity contribution in [3.63, 3.8) is 0 Å². The molecule has 1 unspecified atom stereocenters. The second-order valence-corrected chi connectivity index (χ2v) is 12.2. The standard InChI is InChI=1S/C12H19N2.2CH3.Ga/c1-13(2)9-11-6-5-7-12(8-11)10-14(3)4;;;/h5-6,8-10H,7H2,1-4H3;2*1H3;. The molecule has 1 atom stereocenters. The van der Waals surface area contributed by atoms with E-state index in [4.69, 9.17) is 0 Å². The first-order valence-electron chi connectivity index (χ1n) is 6.33. The van der Waals surface area contributed by atoms with E-state index in [2.05, 4.69) is 73.5 Å². The fourth-order valence-electron chi connectivity index (χ4n) is 2.47. The third-order valence-corrected chi connectivity index (χ3v) is 7.42. The van der Waals surface area contributed by atoms with E-state index in [9.17, 15) is 0 Å². The average molecular weight is 291 g/mol. The van der Waals surface area contributed by atoms with E-state index >= 15 is 0 Å². The fourth-order valence-corrected chi connectivity index (χ4v) is 6.77. The van der Waals surface area contributed by atoms with Gasteiger partial charge in [0.1, 0.15) is 0 Å². The van der Waals surface area contributed by atoms with E-state index in [1.807, 2.05) is 0 Å². The van der Waals surface area contributed by atoms with Crippen LogP contribution in [0.5, 0.6) is 0 Å². The molecule has 0 amide bonds. The van der Waals surface area contributed by atoms with Crippen molar-refractivity contribution in [3.8, 4) is 0 Å². The van der Waals surface area contributed by atoms with E-state index < -0.39 is 16.2 Å². The molecule has 0 bridgehead atoms. The maximum atomic E-state index is 2.49. The Bertz CT molecular complexity index is 338. The van der Waals surface area contributed by atoms with Gasteiger partial charge in [-0.15, -0.1) is 0 Å². The Hall–Kier alpha value is -0.544. The Morgan fingerprint density at radius 2 is 1.71 bits per heavy atom. The molecule has 0 fully saturated rings. The summed E-state index contributed by atoms with van der Waals surface area (Å²) in [6.07, 6.45) is 10.4. The number of rotatable bonds is 3. The summed E-state index contributed by atoms with van der Waals surface area (Å²) in [6, 6.07) is 0. The van der Waals surface area contributed by atoms with E-state index in [-0.39, 0.29) is 0 Å². The Morgan fingerprint density at radius 1 is 1.12 bits per heavy atom. The van der Waals surface area contributed by atoms with Gasteiger partial charge in [0.05, 0.1) is 0 Å². The summed E-state index contributed by atoms with van der Waals surface area (Å²) in [7, 11) is 8.44. The number of hydrogen-bond donors (Lipinski definition) is 0. The Balaban J connectivity index is 3.08. The van der Waals surface area contributed by atoms with Crippen molar-refractivity contribution in [2.24, 2.45) is 0 Å². The zero-order valence-electron chi connectivity index (χ0n) is 12.1. The van der Waals surface area contributed by atoms with Crippen molar-refractivity contribution in [3.05, 3.63) is 35.7 Å². The van der Waals surface area contributed by atoms with Gasteiger partial charge in [-0.1, -0.05) is 0 Å². The molecule has 0 aromatic carbocycles. The molecule has 1 rings (SSSR count). The zero-order chi connectivity index (χ0) is 13.0. The summed E-state index contributed by atoms with van der Waals surface area (Å²) in [6.45, 7) is 0. The molecule has 0 saturated carbocycles. The Labute approximate surface area is 112 Å². The summed E-state index contributed by atoms with van der Waals surface area (Å²) in [5.41, 5.74) is 8.08. The molecule has 94 valence electrons. The van der Waals surface area contributed by atoms with E-state index in [0.717, 1.165) is 10.9 Å². The van der Waals surface area contributed by atoms with Crippen LogP contribution in [0.1, 0.15) is 6.42 Å². The van der Waals surface area contributed by atoms with Crippen molar-refractivity contribution in [1.29, 1.82) is 0 Å². The van der Waals surface area contributed by atoms with E-state index in [1.165, 1.54) is 5.57 Å². The summed E-state index contributed by atoms with van der Waals surface area (Å²) in [5.74, 6) is 0. The minimum atomic E-state index is -1.20. The van der Waals surface area contributed by atoms with Gasteiger partial charge in [0, 0.05) is 0 Å². The minimum absolute atomic E-state index is 0.734. The molecular formula is C14H25GaN2. The SMILES string of the molecule is CN(C)C=C1C=CCC(=CN(C)C)[CH]1[Ga]([CH3])[CH3]. The first-order valence-corrected chi connectivity index (χ1v) is 12.6. The van der Waals surface area contributed by atoms with Crippen molar-refractivity contribution in [1.82, 2.24) is 9.80 Å². The van der Waals surface area contributed by atoms with Crippen LogP contribution in [-0.4, -0.2) is 54.2 Å². The molecule has 0 aromatic rings. The molecule has 0 heterocycles. The molecule has 0 spiro atoms. The van der Waals surface area contributed by atoms with Crippen LogP contribution in [0, 0.1) is 0 Å². The Morgan fingerprint density at radius 3 is 2.18 bits per heavy atom. The van der Waals surface area contributed by atoms with Gasteiger partial charge in [0.15, 0.2) is 0 Å². The second kappa shape index (κ2) is 6.41. The zero-order valence-corrected chi connectivity index (χ0v) is 14.5. The van der Waals surface area contributed by atoms with Crippen LogP contribution in [-0.2, 0) is 0 Å². The predicted molar refractivity (Wildman–Crippen MR) is 78.5 cm³/mol. The molecule has 3 heteroatoms. The van der Waals surface area contributed by atoms with Gasteiger partial charge in [-0.05, 0) is 0 Å². The van der Waals surface area contributed by atoms with Crippen molar-refractivity contribution >= 4 is 16.2 Å². The van der Waals surface area contributed by atoms with Crippen LogP contribution < -0.4 is 0 Å². The molecule has 0 aliphatic heterocycles. The van der Waals surface area contributed by atoms with Crippen LogP contribution in [0.2, 0.25) is 15.4 Å². The summed E-state index contributed by atoms with van der Waals surface area (Å²) >= 11 is -1.20. The quantitative estimate of drug-likeness (QED) is 0.738. The van der Waals surface area contributed by atoms with Crippen LogP contribution in [0.4, 0.5) is 0 Å². The topological polar surface area (TPSA) is 6.48 Å². The van der Waals surface area contributed by atoms with Crippen molar-refractivity contribution in [2.45, 2.75) is 21.8 Å². The third-order valence-electron chi connectivity index (χ3n) is 2.92. The van der Waals surface area contributed by atoms with Gasteiger partial charge in [-0.3, -0.25) is 0 Å². The molecule has 17 heavy (non-hydrogen) atoms. The monoisotopic (exact) mass is 290 g/mol. The first kappa shape index (κ1) is 14.5. The van der Waals surface area contributed by atoms with Crippen molar-refractivity contribution in [2.75, 3.05) is 28.2 Å². The summed E-state index contributed by atoms with van der Waals surface area (Å²) < 4.78 is 0.734. The van der Waals surface area contributed by atoms with Crippen LogP contribution in [0.3, 0.4) is 0 Å². The molecule has 2 nitrogen and oxygen atoms in total. The van der Waals surface area contributed by atoms with Gasteiger partial charge >= 0.3 is 112 Å².